The topological polar surface area (TPSA) is 21.3 Å². The zero-order valence-electron chi connectivity index (χ0n) is 12.5. The van der Waals surface area contributed by atoms with Crippen LogP contribution < -0.4 is 5.32 Å². The van der Waals surface area contributed by atoms with Gasteiger partial charge in [-0.1, -0.05) is 27.7 Å². The molecule has 0 aliphatic carbocycles. The molecule has 2 unspecified atom stereocenters. The Labute approximate surface area is 116 Å². The fourth-order valence-electron chi connectivity index (χ4n) is 2.34. The molecular weight excluding hydrogens is 242 g/mol. The van der Waals surface area contributed by atoms with Crippen molar-refractivity contribution in [2.24, 2.45) is 5.41 Å². The summed E-state index contributed by atoms with van der Waals surface area (Å²) in [6, 6.07) is 2.51. The van der Waals surface area contributed by atoms with Gasteiger partial charge in [-0.25, -0.2) is 0 Å². The van der Waals surface area contributed by atoms with Gasteiger partial charge in [0.15, 0.2) is 0 Å². The number of hydrogen-bond acceptors (Lipinski definition) is 3. The summed E-state index contributed by atoms with van der Waals surface area (Å²) in [4.78, 5) is 1.38. The van der Waals surface area contributed by atoms with Crippen molar-refractivity contribution in [2.75, 3.05) is 13.2 Å². The first-order valence-electron chi connectivity index (χ1n) is 6.80. The van der Waals surface area contributed by atoms with Gasteiger partial charge in [-0.05, 0) is 42.8 Å². The minimum Gasteiger partial charge on any atom is -0.376 e. The van der Waals surface area contributed by atoms with Crippen LogP contribution >= 0.6 is 11.3 Å². The van der Waals surface area contributed by atoms with E-state index in [1.54, 1.807) is 0 Å². The van der Waals surface area contributed by atoms with E-state index in [1.807, 2.05) is 11.3 Å². The molecule has 2 nitrogen and oxygen atoms in total. The quantitative estimate of drug-likeness (QED) is 0.837. The van der Waals surface area contributed by atoms with Crippen LogP contribution in [0.5, 0.6) is 0 Å². The van der Waals surface area contributed by atoms with Gasteiger partial charge in [-0.2, -0.15) is 0 Å². The summed E-state index contributed by atoms with van der Waals surface area (Å²) in [5.74, 6) is 0. The van der Waals surface area contributed by atoms with Crippen LogP contribution in [0.15, 0.2) is 11.4 Å². The molecule has 1 N–H and O–H groups in total. The van der Waals surface area contributed by atoms with Crippen LogP contribution in [0.25, 0.3) is 0 Å². The average Bonchev–Trinajstić information content (AvgIpc) is 2.68. The van der Waals surface area contributed by atoms with Crippen LogP contribution in [0, 0.1) is 12.3 Å². The van der Waals surface area contributed by atoms with Gasteiger partial charge in [-0.3, -0.25) is 0 Å². The van der Waals surface area contributed by atoms with Crippen molar-refractivity contribution in [3.05, 3.63) is 21.9 Å². The molecule has 1 aromatic heterocycles. The molecule has 0 aliphatic heterocycles. The molecule has 0 spiro atoms. The van der Waals surface area contributed by atoms with Gasteiger partial charge in [-0.15, -0.1) is 11.3 Å². The molecular formula is C15H27NOS. The fourth-order valence-corrected chi connectivity index (χ4v) is 3.09. The van der Waals surface area contributed by atoms with Crippen LogP contribution in [0.3, 0.4) is 0 Å². The molecule has 1 aromatic rings. The van der Waals surface area contributed by atoms with Crippen molar-refractivity contribution in [2.45, 2.75) is 53.7 Å². The van der Waals surface area contributed by atoms with Gasteiger partial charge >= 0.3 is 0 Å². The number of rotatable bonds is 6. The number of ether oxygens (including phenoxy) is 1. The lowest BCUT2D eigenvalue weighted by atomic mass is 9.82. The molecule has 0 saturated heterocycles. The zero-order chi connectivity index (χ0) is 13.8. The zero-order valence-corrected chi connectivity index (χ0v) is 13.4. The summed E-state index contributed by atoms with van der Waals surface area (Å²) in [5.41, 5.74) is 1.51. The number of likely N-dealkylation sites (N-methyl/N-ethyl adjacent to an activating group) is 1. The van der Waals surface area contributed by atoms with E-state index in [9.17, 15) is 0 Å². The Kier molecular flexibility index (Phi) is 5.83. The molecule has 0 aliphatic rings. The van der Waals surface area contributed by atoms with Gasteiger partial charge in [0.25, 0.3) is 0 Å². The van der Waals surface area contributed by atoms with Crippen molar-refractivity contribution >= 4 is 11.3 Å². The lowest BCUT2D eigenvalue weighted by Crippen LogP contribution is -2.42. The SMILES string of the molecule is CCNC(c1ccsc1C)C(OCC)C(C)(C)C. The lowest BCUT2D eigenvalue weighted by molar-refractivity contribution is -0.0363. The fraction of sp³-hybridized carbons (Fsp3) is 0.733. The smallest absolute Gasteiger partial charge is 0.0818 e. The third-order valence-electron chi connectivity index (χ3n) is 3.16. The van der Waals surface area contributed by atoms with Crippen molar-refractivity contribution in [1.29, 1.82) is 0 Å². The van der Waals surface area contributed by atoms with Gasteiger partial charge in [0.2, 0.25) is 0 Å². The highest BCUT2D eigenvalue weighted by molar-refractivity contribution is 7.10. The highest BCUT2D eigenvalue weighted by atomic mass is 32.1. The summed E-state index contributed by atoms with van der Waals surface area (Å²) >= 11 is 1.81. The highest BCUT2D eigenvalue weighted by Gasteiger charge is 2.34. The molecule has 104 valence electrons. The van der Waals surface area contributed by atoms with Crippen molar-refractivity contribution < 1.29 is 4.74 Å². The summed E-state index contributed by atoms with van der Waals surface area (Å²) in [6.07, 6.45) is 0.191. The van der Waals surface area contributed by atoms with Gasteiger partial charge < -0.3 is 10.1 Å². The van der Waals surface area contributed by atoms with E-state index in [0.29, 0.717) is 0 Å². The maximum Gasteiger partial charge on any atom is 0.0818 e. The lowest BCUT2D eigenvalue weighted by Gasteiger charge is -2.37. The largest absolute Gasteiger partial charge is 0.376 e. The molecule has 1 rings (SSSR count). The normalized spacial score (nSPS) is 15.7. The van der Waals surface area contributed by atoms with E-state index in [1.165, 1.54) is 10.4 Å². The summed E-state index contributed by atoms with van der Waals surface area (Å²) < 4.78 is 6.04. The maximum absolute atomic E-state index is 6.04. The van der Waals surface area contributed by atoms with Crippen LogP contribution in [0.2, 0.25) is 0 Å². The second-order valence-electron chi connectivity index (χ2n) is 5.71. The Morgan fingerprint density at radius 1 is 1.33 bits per heavy atom. The molecule has 18 heavy (non-hydrogen) atoms. The number of nitrogens with one attached hydrogen (secondary N) is 1. The van der Waals surface area contributed by atoms with E-state index >= 15 is 0 Å². The Morgan fingerprint density at radius 3 is 2.39 bits per heavy atom. The van der Waals surface area contributed by atoms with Crippen LogP contribution in [0.4, 0.5) is 0 Å². The Hall–Kier alpha value is -0.380. The summed E-state index contributed by atoms with van der Waals surface area (Å²) in [5, 5.41) is 5.77. The van der Waals surface area contributed by atoms with Gasteiger partial charge in [0.05, 0.1) is 12.1 Å². The first-order chi connectivity index (χ1) is 8.41. The second-order valence-corrected chi connectivity index (χ2v) is 6.83. The van der Waals surface area contributed by atoms with E-state index in [0.717, 1.165) is 13.2 Å². The first-order valence-corrected chi connectivity index (χ1v) is 7.68. The number of aryl methyl sites for hydroxylation is 1. The Balaban J connectivity index is 3.05. The Morgan fingerprint density at radius 2 is 2.00 bits per heavy atom. The molecule has 3 heteroatoms. The standard InChI is InChI=1S/C15H27NOS/c1-7-16-13(12-9-10-18-11(12)3)14(17-8-2)15(4,5)6/h9-10,13-14,16H,7-8H2,1-6H3. The van der Waals surface area contributed by atoms with E-state index in [2.05, 4.69) is 58.3 Å². The van der Waals surface area contributed by atoms with Crippen LogP contribution in [0.1, 0.15) is 51.1 Å². The van der Waals surface area contributed by atoms with Crippen LogP contribution in [-0.4, -0.2) is 19.3 Å². The summed E-state index contributed by atoms with van der Waals surface area (Å²) in [7, 11) is 0. The van der Waals surface area contributed by atoms with E-state index < -0.39 is 0 Å². The summed E-state index contributed by atoms with van der Waals surface area (Å²) in [6.45, 7) is 14.9. The third kappa shape index (κ3) is 3.81. The van der Waals surface area contributed by atoms with E-state index in [4.69, 9.17) is 4.74 Å². The molecule has 0 radical (unpaired) electrons. The van der Waals surface area contributed by atoms with Gasteiger partial charge in [0, 0.05) is 11.5 Å². The van der Waals surface area contributed by atoms with E-state index in [-0.39, 0.29) is 17.6 Å². The van der Waals surface area contributed by atoms with Crippen molar-refractivity contribution in [3.63, 3.8) is 0 Å². The van der Waals surface area contributed by atoms with Crippen molar-refractivity contribution in [1.82, 2.24) is 5.32 Å². The molecule has 0 amide bonds. The number of thiophene rings is 1. The van der Waals surface area contributed by atoms with Crippen molar-refractivity contribution in [3.8, 4) is 0 Å². The molecule has 0 bridgehead atoms. The monoisotopic (exact) mass is 269 g/mol. The van der Waals surface area contributed by atoms with Crippen LogP contribution in [-0.2, 0) is 4.74 Å². The maximum atomic E-state index is 6.04. The molecule has 0 aromatic carbocycles. The Bertz CT molecular complexity index is 354. The predicted molar refractivity (Wildman–Crippen MR) is 80.3 cm³/mol. The molecule has 2 atom stereocenters. The highest BCUT2D eigenvalue weighted by Crippen LogP contribution is 2.35. The predicted octanol–water partition coefficient (Wildman–Crippen LogP) is 4.16. The van der Waals surface area contributed by atoms with Gasteiger partial charge in [0.1, 0.15) is 0 Å². The minimum absolute atomic E-state index is 0.122. The number of hydrogen-bond donors (Lipinski definition) is 1. The second kappa shape index (κ2) is 6.69. The molecule has 1 heterocycles. The average molecular weight is 269 g/mol. The third-order valence-corrected chi connectivity index (χ3v) is 4.02. The molecule has 0 fully saturated rings. The molecule has 0 saturated carbocycles. The first kappa shape index (κ1) is 15.7. The minimum atomic E-state index is 0.122.